The molecule has 1 rings (SSSR count). The van der Waals surface area contributed by atoms with Crippen LogP contribution in [0.15, 0.2) is 12.1 Å². The Morgan fingerprint density at radius 1 is 1.35 bits per heavy atom. The van der Waals surface area contributed by atoms with Crippen molar-refractivity contribution in [3.05, 3.63) is 21.3 Å². The molecule has 0 fully saturated rings. The van der Waals surface area contributed by atoms with Gasteiger partial charge in [-0.3, -0.25) is 0 Å². The average molecular weight is 275 g/mol. The predicted octanol–water partition coefficient (Wildman–Crippen LogP) is 3.78. The molecule has 1 heterocycles. The Bertz CT molecular complexity index is 314. The Balaban J connectivity index is 2.26. The van der Waals surface area contributed by atoms with E-state index in [9.17, 15) is 0 Å². The van der Waals surface area contributed by atoms with Gasteiger partial charge in [0.2, 0.25) is 0 Å². The van der Waals surface area contributed by atoms with Gasteiger partial charge < -0.3 is 10.2 Å². The summed E-state index contributed by atoms with van der Waals surface area (Å²) in [6, 6.07) is 4.47. The number of thiophene rings is 1. The highest BCUT2D eigenvalue weighted by molar-refractivity contribution is 7.16. The van der Waals surface area contributed by atoms with E-state index in [-0.39, 0.29) is 0 Å². The van der Waals surface area contributed by atoms with Crippen LogP contribution in [-0.4, -0.2) is 31.1 Å². The largest absolute Gasteiger partial charge is 0.308 e. The summed E-state index contributed by atoms with van der Waals surface area (Å²) in [7, 11) is 0. The molecule has 2 nitrogen and oxygen atoms in total. The normalized spacial score (nSPS) is 13.2. The van der Waals surface area contributed by atoms with Crippen molar-refractivity contribution in [1.82, 2.24) is 10.2 Å². The van der Waals surface area contributed by atoms with E-state index in [0.29, 0.717) is 6.04 Å². The average Bonchev–Trinajstić information content (AvgIpc) is 2.74. The van der Waals surface area contributed by atoms with E-state index in [4.69, 9.17) is 11.6 Å². The molecule has 1 N–H and O–H groups in total. The molecule has 1 aromatic rings. The van der Waals surface area contributed by atoms with E-state index in [1.165, 1.54) is 17.8 Å². The summed E-state index contributed by atoms with van der Waals surface area (Å²) in [5.41, 5.74) is 0. The summed E-state index contributed by atoms with van der Waals surface area (Å²) in [6.07, 6.45) is 1.23. The van der Waals surface area contributed by atoms with Gasteiger partial charge in [-0.25, -0.2) is 0 Å². The van der Waals surface area contributed by atoms with Crippen LogP contribution in [0.3, 0.4) is 0 Å². The highest BCUT2D eigenvalue weighted by Gasteiger charge is 2.08. The van der Waals surface area contributed by atoms with Crippen molar-refractivity contribution < 1.29 is 0 Å². The third-order valence-corrected chi connectivity index (χ3v) is 4.30. The molecule has 0 aliphatic carbocycles. The van der Waals surface area contributed by atoms with Gasteiger partial charge in [-0.05, 0) is 38.6 Å². The summed E-state index contributed by atoms with van der Waals surface area (Å²) in [5.74, 6) is 0. The topological polar surface area (TPSA) is 15.3 Å². The zero-order valence-corrected chi connectivity index (χ0v) is 12.6. The van der Waals surface area contributed by atoms with Gasteiger partial charge in [0.1, 0.15) is 0 Å². The van der Waals surface area contributed by atoms with Crippen molar-refractivity contribution in [2.75, 3.05) is 26.2 Å². The Hall–Kier alpha value is -0.0900. The summed E-state index contributed by atoms with van der Waals surface area (Å²) in [5, 5.41) is 3.55. The first kappa shape index (κ1) is 15.0. The predicted molar refractivity (Wildman–Crippen MR) is 78.2 cm³/mol. The maximum Gasteiger partial charge on any atom is 0.0931 e. The molecule has 0 amide bonds. The third-order valence-electron chi connectivity index (χ3n) is 2.89. The van der Waals surface area contributed by atoms with Gasteiger partial charge in [-0.2, -0.15) is 0 Å². The van der Waals surface area contributed by atoms with Crippen LogP contribution in [0.1, 0.15) is 38.1 Å². The fraction of sp³-hybridized carbons (Fsp3) is 0.692. The first-order chi connectivity index (χ1) is 8.17. The van der Waals surface area contributed by atoms with Crippen LogP contribution in [0, 0.1) is 0 Å². The summed E-state index contributed by atoms with van der Waals surface area (Å²) in [6.45, 7) is 11.1. The lowest BCUT2D eigenvalue weighted by atomic mass is 10.3. The lowest BCUT2D eigenvalue weighted by molar-refractivity contribution is 0.284. The highest BCUT2D eigenvalue weighted by atomic mass is 35.5. The Kier molecular flexibility index (Phi) is 7.12. The lowest BCUT2D eigenvalue weighted by Crippen LogP contribution is -2.33. The molecule has 1 atom stereocenters. The van der Waals surface area contributed by atoms with Crippen molar-refractivity contribution >= 4 is 22.9 Å². The number of nitrogens with zero attached hydrogens (tertiary/aromatic N) is 1. The van der Waals surface area contributed by atoms with E-state index >= 15 is 0 Å². The van der Waals surface area contributed by atoms with E-state index in [0.717, 1.165) is 24.0 Å². The lowest BCUT2D eigenvalue weighted by Gasteiger charge is -2.21. The molecule has 17 heavy (non-hydrogen) atoms. The van der Waals surface area contributed by atoms with Crippen molar-refractivity contribution in [1.29, 1.82) is 0 Å². The van der Waals surface area contributed by atoms with Crippen LogP contribution >= 0.6 is 22.9 Å². The smallest absolute Gasteiger partial charge is 0.0931 e. The van der Waals surface area contributed by atoms with Gasteiger partial charge in [-0.1, -0.05) is 25.4 Å². The second-order valence-corrected chi connectivity index (χ2v) is 6.00. The van der Waals surface area contributed by atoms with Crippen LogP contribution in [0.5, 0.6) is 0 Å². The molecule has 0 saturated heterocycles. The highest BCUT2D eigenvalue weighted by Crippen LogP contribution is 2.26. The van der Waals surface area contributed by atoms with Gasteiger partial charge in [0.25, 0.3) is 0 Å². The molecule has 0 radical (unpaired) electrons. The minimum absolute atomic E-state index is 0.396. The first-order valence-electron chi connectivity index (χ1n) is 6.38. The summed E-state index contributed by atoms with van der Waals surface area (Å²) >= 11 is 7.60. The Morgan fingerprint density at radius 3 is 2.65 bits per heavy atom. The molecular weight excluding hydrogens is 252 g/mol. The third kappa shape index (κ3) is 5.38. The fourth-order valence-corrected chi connectivity index (χ4v) is 2.93. The van der Waals surface area contributed by atoms with E-state index < -0.39 is 0 Å². The molecular formula is C13H23ClN2S. The maximum atomic E-state index is 5.94. The molecule has 1 unspecified atom stereocenters. The van der Waals surface area contributed by atoms with Crippen LogP contribution in [0.2, 0.25) is 4.34 Å². The molecule has 0 spiro atoms. The SMILES string of the molecule is CCCN(CC)CCNC(C)c1ccc(Cl)s1. The van der Waals surface area contributed by atoms with Crippen molar-refractivity contribution in [2.45, 2.75) is 33.2 Å². The summed E-state index contributed by atoms with van der Waals surface area (Å²) in [4.78, 5) is 3.79. The summed E-state index contributed by atoms with van der Waals surface area (Å²) < 4.78 is 0.870. The number of halogens is 1. The number of hydrogen-bond acceptors (Lipinski definition) is 3. The van der Waals surface area contributed by atoms with E-state index in [1.807, 2.05) is 6.07 Å². The van der Waals surface area contributed by atoms with E-state index in [2.05, 4.69) is 37.1 Å². The second kappa shape index (κ2) is 8.09. The van der Waals surface area contributed by atoms with Crippen LogP contribution in [0.4, 0.5) is 0 Å². The van der Waals surface area contributed by atoms with Crippen LogP contribution < -0.4 is 5.32 Å². The van der Waals surface area contributed by atoms with Gasteiger partial charge in [-0.15, -0.1) is 11.3 Å². The molecule has 0 bridgehead atoms. The van der Waals surface area contributed by atoms with Gasteiger partial charge in [0.15, 0.2) is 0 Å². The Morgan fingerprint density at radius 2 is 2.12 bits per heavy atom. The van der Waals surface area contributed by atoms with Crippen LogP contribution in [-0.2, 0) is 0 Å². The molecule has 0 aliphatic rings. The van der Waals surface area contributed by atoms with Gasteiger partial charge in [0.05, 0.1) is 4.34 Å². The Labute approximate surface area is 114 Å². The number of likely N-dealkylation sites (N-methyl/N-ethyl adjacent to an activating group) is 1. The fourth-order valence-electron chi connectivity index (χ4n) is 1.85. The molecule has 98 valence electrons. The zero-order chi connectivity index (χ0) is 12.7. The molecule has 1 aromatic heterocycles. The van der Waals surface area contributed by atoms with Crippen molar-refractivity contribution in [2.24, 2.45) is 0 Å². The molecule has 0 aliphatic heterocycles. The zero-order valence-electron chi connectivity index (χ0n) is 11.0. The minimum atomic E-state index is 0.396. The monoisotopic (exact) mass is 274 g/mol. The quantitative estimate of drug-likeness (QED) is 0.776. The van der Waals surface area contributed by atoms with Crippen molar-refractivity contribution in [3.8, 4) is 0 Å². The number of rotatable bonds is 8. The van der Waals surface area contributed by atoms with Crippen molar-refractivity contribution in [3.63, 3.8) is 0 Å². The standard InChI is InChI=1S/C13H23ClN2S/c1-4-9-16(5-2)10-8-15-11(3)12-6-7-13(14)17-12/h6-7,11,15H,4-5,8-10H2,1-3H3. The van der Waals surface area contributed by atoms with Crippen LogP contribution in [0.25, 0.3) is 0 Å². The first-order valence-corrected chi connectivity index (χ1v) is 7.57. The number of nitrogens with one attached hydrogen (secondary N) is 1. The number of hydrogen-bond donors (Lipinski definition) is 1. The van der Waals surface area contributed by atoms with Gasteiger partial charge >= 0.3 is 0 Å². The van der Waals surface area contributed by atoms with Gasteiger partial charge in [0, 0.05) is 24.0 Å². The molecule has 0 saturated carbocycles. The second-order valence-electron chi connectivity index (χ2n) is 4.25. The maximum absolute atomic E-state index is 5.94. The minimum Gasteiger partial charge on any atom is -0.308 e. The molecule has 0 aromatic carbocycles. The molecule has 4 heteroatoms. The van der Waals surface area contributed by atoms with E-state index in [1.54, 1.807) is 11.3 Å².